The molecule has 0 fully saturated rings. The Balaban J connectivity index is 0. The first kappa shape index (κ1) is 19.3. The van der Waals surface area contributed by atoms with Gasteiger partial charge in [0.25, 0.3) is 0 Å². The molecule has 0 aromatic heterocycles. The van der Waals surface area contributed by atoms with Crippen LogP contribution in [-0.2, 0) is 0 Å². The second kappa shape index (κ2) is 11.0. The maximum atomic E-state index is 10.6. The Hall–Kier alpha value is -2.09. The minimum Gasteiger partial charge on any atom is -0.388 e. The smallest absolute Gasteiger partial charge is 0.159 e. The van der Waals surface area contributed by atoms with Crippen LogP contribution in [0.25, 0.3) is 0 Å². The molecule has 0 aliphatic heterocycles. The predicted molar refractivity (Wildman–Crippen MR) is 85.9 cm³/mol. The van der Waals surface area contributed by atoms with Crippen molar-refractivity contribution in [3.63, 3.8) is 0 Å². The fourth-order valence-corrected chi connectivity index (χ4v) is 1.28. The number of Topliss-reactive ketones (excluding diaryl/α,β-unsaturated/α-hetero) is 1. The highest BCUT2D eigenvalue weighted by molar-refractivity contribution is 5.93. The van der Waals surface area contributed by atoms with Gasteiger partial charge < -0.3 is 5.32 Å². The van der Waals surface area contributed by atoms with Crippen LogP contribution in [0.5, 0.6) is 0 Å². The molecule has 19 heavy (non-hydrogen) atoms. The van der Waals surface area contributed by atoms with Gasteiger partial charge >= 0.3 is 0 Å². The van der Waals surface area contributed by atoms with E-state index in [4.69, 9.17) is 0 Å². The lowest BCUT2D eigenvalue weighted by molar-refractivity contribution is 0.101. The van der Waals surface area contributed by atoms with Gasteiger partial charge in [-0.2, -0.15) is 0 Å². The van der Waals surface area contributed by atoms with Crippen molar-refractivity contribution in [3.05, 3.63) is 66.2 Å². The third kappa shape index (κ3) is 7.77. The van der Waals surface area contributed by atoms with E-state index in [-0.39, 0.29) is 20.6 Å². The van der Waals surface area contributed by atoms with E-state index in [0.29, 0.717) is 0 Å². The van der Waals surface area contributed by atoms with Crippen molar-refractivity contribution >= 4 is 11.5 Å². The summed E-state index contributed by atoms with van der Waals surface area (Å²) in [6.07, 6.45) is 0. The first-order chi connectivity index (χ1) is 8.24. The number of para-hydroxylation sites is 1. The standard InChI is InChI=1S/C8H8O.C7H9N.2CH4/c1-7(9)8-5-3-2-4-6-8;1-8-7-5-3-2-4-6-7;;/h2-6H,1H3;2-6,8H,1H3;2*1H4. The Morgan fingerprint density at radius 3 is 1.53 bits per heavy atom. The van der Waals surface area contributed by atoms with Gasteiger partial charge in [0, 0.05) is 18.3 Å². The molecule has 0 radical (unpaired) electrons. The highest BCUT2D eigenvalue weighted by Gasteiger charge is 1.92. The molecular weight excluding hydrogens is 234 g/mol. The van der Waals surface area contributed by atoms with Gasteiger partial charge in [0.15, 0.2) is 5.78 Å². The van der Waals surface area contributed by atoms with Crippen molar-refractivity contribution in [2.45, 2.75) is 21.8 Å². The molecule has 2 aromatic rings. The summed E-state index contributed by atoms with van der Waals surface area (Å²) in [6.45, 7) is 1.56. The van der Waals surface area contributed by atoms with Crippen molar-refractivity contribution in [1.82, 2.24) is 0 Å². The molecule has 0 amide bonds. The Bertz CT molecular complexity index is 437. The van der Waals surface area contributed by atoms with Gasteiger partial charge in [-0.25, -0.2) is 0 Å². The van der Waals surface area contributed by atoms with Gasteiger partial charge in [-0.3, -0.25) is 4.79 Å². The zero-order valence-electron chi connectivity index (χ0n) is 10.2. The van der Waals surface area contributed by atoms with Crippen LogP contribution in [0.2, 0.25) is 0 Å². The maximum Gasteiger partial charge on any atom is 0.159 e. The Morgan fingerprint density at radius 2 is 1.26 bits per heavy atom. The zero-order chi connectivity index (χ0) is 12.5. The summed E-state index contributed by atoms with van der Waals surface area (Å²) in [4.78, 5) is 10.6. The predicted octanol–water partition coefficient (Wildman–Crippen LogP) is 4.89. The van der Waals surface area contributed by atoms with Gasteiger partial charge in [-0.1, -0.05) is 63.4 Å². The molecule has 0 unspecified atom stereocenters. The van der Waals surface area contributed by atoms with E-state index in [1.165, 1.54) is 0 Å². The number of carbonyl (C=O) groups is 1. The van der Waals surface area contributed by atoms with Crippen LogP contribution in [0.1, 0.15) is 32.1 Å². The average molecular weight is 259 g/mol. The van der Waals surface area contributed by atoms with Crippen LogP contribution in [-0.4, -0.2) is 12.8 Å². The molecule has 0 spiro atoms. The Kier molecular flexibility index (Phi) is 11.2. The summed E-state index contributed by atoms with van der Waals surface area (Å²) in [5, 5.41) is 3.03. The SMILES string of the molecule is C.C.CC(=O)c1ccccc1.CNc1ccccc1. The van der Waals surface area contributed by atoms with E-state index >= 15 is 0 Å². The van der Waals surface area contributed by atoms with Crippen molar-refractivity contribution in [3.8, 4) is 0 Å². The number of benzene rings is 2. The highest BCUT2D eigenvalue weighted by atomic mass is 16.1. The zero-order valence-corrected chi connectivity index (χ0v) is 10.2. The number of hydrogen-bond donors (Lipinski definition) is 1. The molecule has 0 saturated heterocycles. The van der Waals surface area contributed by atoms with Crippen molar-refractivity contribution in [1.29, 1.82) is 0 Å². The monoisotopic (exact) mass is 259 g/mol. The third-order valence-electron chi connectivity index (χ3n) is 2.24. The lowest BCUT2D eigenvalue weighted by Gasteiger charge is -1.94. The Morgan fingerprint density at radius 1 is 0.842 bits per heavy atom. The van der Waals surface area contributed by atoms with E-state index in [1.807, 2.05) is 67.7 Å². The number of hydrogen-bond acceptors (Lipinski definition) is 2. The fourth-order valence-electron chi connectivity index (χ4n) is 1.28. The summed E-state index contributed by atoms with van der Waals surface area (Å²) in [5.74, 6) is 0.121. The molecule has 0 heterocycles. The van der Waals surface area contributed by atoms with Crippen LogP contribution < -0.4 is 5.32 Å². The fraction of sp³-hybridized carbons (Fsp3) is 0.235. The van der Waals surface area contributed by atoms with Crippen molar-refractivity contribution in [2.24, 2.45) is 0 Å². The van der Waals surface area contributed by atoms with Crippen LogP contribution in [0.3, 0.4) is 0 Å². The molecule has 0 aliphatic carbocycles. The quantitative estimate of drug-likeness (QED) is 0.778. The second-order valence-electron chi connectivity index (χ2n) is 3.54. The van der Waals surface area contributed by atoms with E-state index in [2.05, 4.69) is 5.32 Å². The maximum absolute atomic E-state index is 10.6. The number of ketones is 1. The van der Waals surface area contributed by atoms with Crippen LogP contribution >= 0.6 is 0 Å². The summed E-state index contributed by atoms with van der Waals surface area (Å²) < 4.78 is 0. The van der Waals surface area contributed by atoms with Crippen LogP contribution in [0.4, 0.5) is 5.69 Å². The number of anilines is 1. The molecular formula is C17H25NO. The topological polar surface area (TPSA) is 29.1 Å². The van der Waals surface area contributed by atoms with E-state index < -0.39 is 0 Å². The molecule has 0 bridgehead atoms. The first-order valence-electron chi connectivity index (χ1n) is 5.53. The van der Waals surface area contributed by atoms with Gasteiger partial charge in [0.05, 0.1) is 0 Å². The number of rotatable bonds is 2. The molecule has 0 saturated carbocycles. The largest absolute Gasteiger partial charge is 0.388 e. The lowest BCUT2D eigenvalue weighted by Crippen LogP contribution is -1.88. The molecule has 0 atom stereocenters. The summed E-state index contributed by atoms with van der Waals surface area (Å²) >= 11 is 0. The number of nitrogens with one attached hydrogen (secondary N) is 1. The van der Waals surface area contributed by atoms with Crippen LogP contribution in [0.15, 0.2) is 60.7 Å². The molecule has 104 valence electrons. The average Bonchev–Trinajstić information content (AvgIpc) is 2.41. The van der Waals surface area contributed by atoms with E-state index in [1.54, 1.807) is 6.92 Å². The molecule has 2 nitrogen and oxygen atoms in total. The van der Waals surface area contributed by atoms with Gasteiger partial charge in [-0.15, -0.1) is 0 Å². The Labute approximate surface area is 117 Å². The first-order valence-corrected chi connectivity index (χ1v) is 5.53. The summed E-state index contributed by atoms with van der Waals surface area (Å²) in [5.41, 5.74) is 1.94. The van der Waals surface area contributed by atoms with Gasteiger partial charge in [0.2, 0.25) is 0 Å². The molecule has 0 aliphatic rings. The van der Waals surface area contributed by atoms with Crippen molar-refractivity contribution < 1.29 is 4.79 Å². The van der Waals surface area contributed by atoms with E-state index in [0.717, 1.165) is 11.3 Å². The highest BCUT2D eigenvalue weighted by Crippen LogP contribution is 2.01. The number of carbonyl (C=O) groups excluding carboxylic acids is 1. The molecule has 2 heteroatoms. The van der Waals surface area contributed by atoms with Gasteiger partial charge in [0.1, 0.15) is 0 Å². The molecule has 1 N–H and O–H groups in total. The molecule has 2 aromatic carbocycles. The van der Waals surface area contributed by atoms with Crippen molar-refractivity contribution in [2.75, 3.05) is 12.4 Å². The lowest BCUT2D eigenvalue weighted by atomic mass is 10.2. The summed E-state index contributed by atoms with van der Waals surface area (Å²) in [6, 6.07) is 19.3. The molecule has 2 rings (SSSR count). The summed E-state index contributed by atoms with van der Waals surface area (Å²) in [7, 11) is 1.91. The third-order valence-corrected chi connectivity index (χ3v) is 2.24. The minimum atomic E-state index is 0. The van der Waals surface area contributed by atoms with Gasteiger partial charge in [-0.05, 0) is 19.1 Å². The second-order valence-corrected chi connectivity index (χ2v) is 3.54. The normalized spacial score (nSPS) is 7.89. The van der Waals surface area contributed by atoms with Crippen LogP contribution in [0, 0.1) is 0 Å². The van der Waals surface area contributed by atoms with E-state index in [9.17, 15) is 4.79 Å². The minimum absolute atomic E-state index is 0.